The first kappa shape index (κ1) is 10.2. The Labute approximate surface area is 90.9 Å². The molecule has 0 amide bonds. The van der Waals surface area contributed by atoms with Crippen molar-refractivity contribution in [1.82, 2.24) is 10.2 Å². The van der Waals surface area contributed by atoms with Gasteiger partial charge in [-0.2, -0.15) is 5.10 Å². The van der Waals surface area contributed by atoms with E-state index in [1.54, 1.807) is 12.1 Å². The van der Waals surface area contributed by atoms with Crippen LogP contribution >= 0.6 is 0 Å². The number of aldehydes is 1. The maximum atomic E-state index is 13.5. The Morgan fingerprint density at radius 1 is 1.31 bits per heavy atom. The largest absolute Gasteiger partial charge is 0.396 e. The highest BCUT2D eigenvalue weighted by atomic mass is 19.1. The van der Waals surface area contributed by atoms with E-state index in [2.05, 4.69) is 10.2 Å². The molecule has 0 radical (unpaired) electrons. The molecule has 0 bridgehead atoms. The summed E-state index contributed by atoms with van der Waals surface area (Å²) >= 11 is 0. The molecule has 2 N–H and O–H groups in total. The zero-order valence-electron chi connectivity index (χ0n) is 8.22. The van der Waals surface area contributed by atoms with Crippen molar-refractivity contribution in [2.24, 2.45) is 0 Å². The van der Waals surface area contributed by atoms with Crippen molar-refractivity contribution in [2.45, 2.75) is 0 Å². The lowest BCUT2D eigenvalue weighted by Crippen LogP contribution is -2.01. The van der Waals surface area contributed by atoms with Crippen LogP contribution in [-0.2, 0) is 0 Å². The minimum Gasteiger partial charge on any atom is -0.396 e. The van der Waals surface area contributed by atoms with E-state index in [1.165, 1.54) is 18.3 Å². The molecule has 0 saturated carbocycles. The maximum Gasteiger partial charge on any atom is 0.153 e. The van der Waals surface area contributed by atoms with Crippen molar-refractivity contribution < 1.29 is 9.18 Å². The number of benzene rings is 1. The van der Waals surface area contributed by atoms with Gasteiger partial charge < -0.3 is 5.73 Å². The molecule has 16 heavy (non-hydrogen) atoms. The van der Waals surface area contributed by atoms with E-state index in [1.807, 2.05) is 0 Å². The predicted molar refractivity (Wildman–Crippen MR) is 57.2 cm³/mol. The third-order valence-electron chi connectivity index (χ3n) is 2.18. The van der Waals surface area contributed by atoms with Crippen LogP contribution in [0.3, 0.4) is 0 Å². The van der Waals surface area contributed by atoms with Gasteiger partial charge in [-0.05, 0) is 12.1 Å². The van der Waals surface area contributed by atoms with Crippen LogP contribution in [0.2, 0.25) is 0 Å². The van der Waals surface area contributed by atoms with Crippen molar-refractivity contribution >= 4 is 12.0 Å². The second kappa shape index (κ2) is 4.06. The van der Waals surface area contributed by atoms with Gasteiger partial charge in [-0.3, -0.25) is 4.79 Å². The monoisotopic (exact) mass is 217 g/mol. The number of hydrogen-bond donors (Lipinski definition) is 1. The van der Waals surface area contributed by atoms with Crippen LogP contribution in [0.4, 0.5) is 10.1 Å². The van der Waals surface area contributed by atoms with E-state index in [0.717, 1.165) is 0 Å². The number of rotatable bonds is 2. The smallest absolute Gasteiger partial charge is 0.153 e. The topological polar surface area (TPSA) is 68.9 Å². The average Bonchev–Trinajstić information content (AvgIpc) is 2.31. The highest BCUT2D eigenvalue weighted by Gasteiger charge is 2.12. The Morgan fingerprint density at radius 3 is 2.75 bits per heavy atom. The van der Waals surface area contributed by atoms with Crippen molar-refractivity contribution in [2.75, 3.05) is 5.73 Å². The van der Waals surface area contributed by atoms with Crippen molar-refractivity contribution in [3.63, 3.8) is 0 Å². The second-order valence-corrected chi connectivity index (χ2v) is 3.16. The number of carbonyl (C=O) groups excluding carboxylic acids is 1. The number of nitrogens with zero attached hydrogens (tertiary/aromatic N) is 2. The van der Waals surface area contributed by atoms with Crippen LogP contribution in [0.1, 0.15) is 10.4 Å². The molecule has 0 saturated heterocycles. The summed E-state index contributed by atoms with van der Waals surface area (Å²) in [5, 5.41) is 7.35. The summed E-state index contributed by atoms with van der Waals surface area (Å²) in [6, 6.07) is 6.05. The summed E-state index contributed by atoms with van der Waals surface area (Å²) in [6.45, 7) is 0. The number of hydrogen-bond acceptors (Lipinski definition) is 4. The Hall–Kier alpha value is -2.30. The molecule has 1 heterocycles. The van der Waals surface area contributed by atoms with Crippen LogP contribution in [0.5, 0.6) is 0 Å². The highest BCUT2D eigenvalue weighted by molar-refractivity contribution is 5.89. The van der Waals surface area contributed by atoms with Gasteiger partial charge >= 0.3 is 0 Å². The number of carbonyl (C=O) groups is 1. The third kappa shape index (κ3) is 1.63. The molecular weight excluding hydrogens is 209 g/mol. The fraction of sp³-hybridized carbons (Fsp3) is 0. The Balaban J connectivity index is 2.65. The number of aromatic nitrogens is 2. The predicted octanol–water partition coefficient (Wildman–Crippen LogP) is 1.68. The van der Waals surface area contributed by atoms with Crippen LogP contribution in [0, 0.1) is 5.82 Å². The van der Waals surface area contributed by atoms with Crippen LogP contribution in [-0.4, -0.2) is 16.5 Å². The Bertz CT molecular complexity index is 543. The van der Waals surface area contributed by atoms with Gasteiger partial charge in [0.15, 0.2) is 6.29 Å². The number of nitrogens with two attached hydrogens (primary N) is 1. The molecule has 1 aromatic carbocycles. The van der Waals surface area contributed by atoms with Crippen LogP contribution in [0.15, 0.2) is 30.5 Å². The molecule has 0 aliphatic rings. The molecule has 0 aliphatic heterocycles. The molecule has 0 aliphatic carbocycles. The van der Waals surface area contributed by atoms with E-state index in [-0.39, 0.29) is 22.5 Å². The summed E-state index contributed by atoms with van der Waals surface area (Å²) < 4.78 is 13.5. The standard InChI is InChI=1S/C11H8FN3O/c12-9-4-2-1-3-8(9)11-10(13)7(6-16)5-14-15-11/h1-6H,(H2,13,14). The summed E-state index contributed by atoms with van der Waals surface area (Å²) in [4.78, 5) is 10.7. The van der Waals surface area contributed by atoms with E-state index in [0.29, 0.717) is 6.29 Å². The van der Waals surface area contributed by atoms with Gasteiger partial charge in [-0.25, -0.2) is 4.39 Å². The van der Waals surface area contributed by atoms with Gasteiger partial charge in [0, 0.05) is 5.56 Å². The average molecular weight is 217 g/mol. The fourth-order valence-corrected chi connectivity index (χ4v) is 1.36. The molecule has 0 atom stereocenters. The van der Waals surface area contributed by atoms with E-state index >= 15 is 0 Å². The Kier molecular flexibility index (Phi) is 2.59. The molecule has 5 heteroatoms. The third-order valence-corrected chi connectivity index (χ3v) is 2.18. The van der Waals surface area contributed by atoms with Crippen molar-refractivity contribution in [3.05, 3.63) is 41.8 Å². The molecule has 80 valence electrons. The lowest BCUT2D eigenvalue weighted by molar-refractivity contribution is 0.112. The number of anilines is 1. The molecule has 0 fully saturated rings. The lowest BCUT2D eigenvalue weighted by atomic mass is 10.1. The SMILES string of the molecule is Nc1c(C=O)cnnc1-c1ccccc1F. The van der Waals surface area contributed by atoms with Crippen LogP contribution < -0.4 is 5.73 Å². The normalized spacial score (nSPS) is 10.1. The Morgan fingerprint density at radius 2 is 2.06 bits per heavy atom. The van der Waals surface area contributed by atoms with E-state index < -0.39 is 5.82 Å². The molecule has 2 aromatic rings. The fourth-order valence-electron chi connectivity index (χ4n) is 1.36. The molecule has 4 nitrogen and oxygen atoms in total. The van der Waals surface area contributed by atoms with Gasteiger partial charge in [0.2, 0.25) is 0 Å². The minimum atomic E-state index is -0.452. The molecule has 0 unspecified atom stereocenters. The minimum absolute atomic E-state index is 0.134. The lowest BCUT2D eigenvalue weighted by Gasteiger charge is -2.05. The van der Waals surface area contributed by atoms with Gasteiger partial charge in [-0.1, -0.05) is 12.1 Å². The van der Waals surface area contributed by atoms with Crippen molar-refractivity contribution in [3.8, 4) is 11.3 Å². The zero-order valence-corrected chi connectivity index (χ0v) is 8.22. The maximum absolute atomic E-state index is 13.5. The molecule has 1 aromatic heterocycles. The van der Waals surface area contributed by atoms with E-state index in [4.69, 9.17) is 5.73 Å². The number of halogens is 1. The van der Waals surface area contributed by atoms with Gasteiger partial charge in [-0.15, -0.1) is 5.10 Å². The molecular formula is C11H8FN3O. The first-order valence-corrected chi connectivity index (χ1v) is 4.55. The summed E-state index contributed by atoms with van der Waals surface area (Å²) in [5.41, 5.74) is 6.45. The number of nitrogen functional groups attached to an aromatic ring is 1. The first-order chi connectivity index (χ1) is 7.74. The zero-order chi connectivity index (χ0) is 11.5. The second-order valence-electron chi connectivity index (χ2n) is 3.16. The highest BCUT2D eigenvalue weighted by Crippen LogP contribution is 2.26. The first-order valence-electron chi connectivity index (χ1n) is 4.55. The van der Waals surface area contributed by atoms with Crippen LogP contribution in [0.25, 0.3) is 11.3 Å². The molecule has 0 spiro atoms. The molecule has 2 rings (SSSR count). The summed E-state index contributed by atoms with van der Waals surface area (Å²) in [5.74, 6) is -0.452. The van der Waals surface area contributed by atoms with Gasteiger partial charge in [0.1, 0.15) is 11.5 Å². The van der Waals surface area contributed by atoms with Crippen molar-refractivity contribution in [1.29, 1.82) is 0 Å². The van der Waals surface area contributed by atoms with E-state index in [9.17, 15) is 9.18 Å². The summed E-state index contributed by atoms with van der Waals surface area (Å²) in [7, 11) is 0. The quantitative estimate of drug-likeness (QED) is 0.777. The van der Waals surface area contributed by atoms with Gasteiger partial charge in [0.25, 0.3) is 0 Å². The summed E-state index contributed by atoms with van der Waals surface area (Å²) in [6.07, 6.45) is 1.81. The van der Waals surface area contributed by atoms with Gasteiger partial charge in [0.05, 0.1) is 17.4 Å².